The number of likely N-dealkylation sites (tertiary alicyclic amines) is 1. The molecule has 2 amide bonds. The van der Waals surface area contributed by atoms with Gasteiger partial charge in [-0.15, -0.1) is 0 Å². The van der Waals surface area contributed by atoms with Gasteiger partial charge in [0.25, 0.3) is 5.69 Å². The topological polar surface area (TPSA) is 95.7 Å². The number of aliphatic hydroxyl groups excluding tert-OH is 1. The van der Waals surface area contributed by atoms with Crippen LogP contribution in [0.5, 0.6) is 0 Å². The molecule has 0 aliphatic carbocycles. The molecule has 1 atom stereocenters. The molecule has 1 fully saturated rings. The Kier molecular flexibility index (Phi) is 4.74. The lowest BCUT2D eigenvalue weighted by atomic mass is 9.99. The van der Waals surface area contributed by atoms with Crippen molar-refractivity contribution < 1.29 is 14.8 Å². The second kappa shape index (κ2) is 6.53. The molecule has 1 unspecified atom stereocenters. The van der Waals surface area contributed by atoms with E-state index in [2.05, 4.69) is 5.32 Å². The largest absolute Gasteiger partial charge is 0.396 e. The molecule has 0 aromatic heterocycles. The van der Waals surface area contributed by atoms with Crippen LogP contribution in [0.1, 0.15) is 18.4 Å². The summed E-state index contributed by atoms with van der Waals surface area (Å²) in [5, 5.41) is 22.7. The van der Waals surface area contributed by atoms with Gasteiger partial charge in [0.15, 0.2) is 0 Å². The lowest BCUT2D eigenvalue weighted by Crippen LogP contribution is -2.43. The minimum atomic E-state index is -0.488. The summed E-state index contributed by atoms with van der Waals surface area (Å²) in [6.07, 6.45) is 1.77. The van der Waals surface area contributed by atoms with Crippen LogP contribution in [0, 0.1) is 23.0 Å². The van der Waals surface area contributed by atoms with E-state index in [0.717, 1.165) is 18.4 Å². The lowest BCUT2D eigenvalue weighted by Gasteiger charge is -2.31. The standard InChI is InChI=1S/C14H19N3O4/c1-10-4-5-12(17(20)21)7-13(10)15-14(19)16-6-2-3-11(8-16)9-18/h4-5,7,11,18H,2-3,6,8-9H2,1H3,(H,15,19). The van der Waals surface area contributed by atoms with E-state index < -0.39 is 4.92 Å². The molecule has 2 N–H and O–H groups in total. The predicted octanol–water partition coefficient (Wildman–Crippen LogP) is 2.14. The second-order valence-corrected chi connectivity index (χ2v) is 5.32. The van der Waals surface area contributed by atoms with Gasteiger partial charge in [0.2, 0.25) is 0 Å². The first-order valence-electron chi connectivity index (χ1n) is 6.93. The summed E-state index contributed by atoms with van der Waals surface area (Å²) in [6, 6.07) is 4.10. The maximum Gasteiger partial charge on any atom is 0.321 e. The average molecular weight is 293 g/mol. The number of non-ortho nitro benzene ring substituents is 1. The van der Waals surface area contributed by atoms with Gasteiger partial charge in [-0.05, 0) is 31.2 Å². The van der Waals surface area contributed by atoms with Crippen molar-refractivity contribution in [3.05, 3.63) is 33.9 Å². The molecular formula is C14H19N3O4. The first-order chi connectivity index (χ1) is 10.0. The molecule has 7 nitrogen and oxygen atoms in total. The Bertz CT molecular complexity index is 547. The van der Waals surface area contributed by atoms with Crippen molar-refractivity contribution in [2.45, 2.75) is 19.8 Å². The number of carbonyl (C=O) groups excluding carboxylic acids is 1. The van der Waals surface area contributed by atoms with Gasteiger partial charge in [0, 0.05) is 31.8 Å². The van der Waals surface area contributed by atoms with Gasteiger partial charge in [0.05, 0.1) is 10.6 Å². The Morgan fingerprint density at radius 1 is 1.57 bits per heavy atom. The Morgan fingerprint density at radius 3 is 3.00 bits per heavy atom. The number of rotatable bonds is 3. The minimum absolute atomic E-state index is 0.0530. The third-order valence-electron chi connectivity index (χ3n) is 3.74. The van der Waals surface area contributed by atoms with Crippen LogP contribution in [0.15, 0.2) is 18.2 Å². The lowest BCUT2D eigenvalue weighted by molar-refractivity contribution is -0.384. The maximum atomic E-state index is 12.2. The second-order valence-electron chi connectivity index (χ2n) is 5.32. The predicted molar refractivity (Wildman–Crippen MR) is 78.2 cm³/mol. The number of nitrogens with zero attached hydrogens (tertiary/aromatic N) is 2. The molecule has 1 aromatic carbocycles. The Labute approximate surface area is 122 Å². The van der Waals surface area contributed by atoms with E-state index in [-0.39, 0.29) is 24.2 Å². The molecule has 0 bridgehead atoms. The molecule has 1 aliphatic rings. The molecule has 1 aromatic rings. The van der Waals surface area contributed by atoms with Gasteiger partial charge in [0.1, 0.15) is 0 Å². The minimum Gasteiger partial charge on any atom is -0.396 e. The zero-order valence-electron chi connectivity index (χ0n) is 11.9. The van der Waals surface area contributed by atoms with Gasteiger partial charge < -0.3 is 15.3 Å². The fourth-order valence-electron chi connectivity index (χ4n) is 2.45. The number of aryl methyl sites for hydroxylation is 1. The summed E-state index contributed by atoms with van der Waals surface area (Å²) in [7, 11) is 0. The molecule has 1 heterocycles. The van der Waals surface area contributed by atoms with Crippen LogP contribution in [-0.2, 0) is 0 Å². The summed E-state index contributed by atoms with van der Waals surface area (Å²) < 4.78 is 0. The van der Waals surface area contributed by atoms with E-state index >= 15 is 0 Å². The number of urea groups is 1. The van der Waals surface area contributed by atoms with E-state index in [0.29, 0.717) is 18.8 Å². The monoisotopic (exact) mass is 293 g/mol. The van der Waals surface area contributed by atoms with E-state index in [4.69, 9.17) is 0 Å². The van der Waals surface area contributed by atoms with Crippen molar-refractivity contribution in [3.63, 3.8) is 0 Å². The smallest absolute Gasteiger partial charge is 0.321 e. The number of carbonyl (C=O) groups is 1. The van der Waals surface area contributed by atoms with E-state index in [1.54, 1.807) is 17.9 Å². The third kappa shape index (κ3) is 3.69. The molecule has 21 heavy (non-hydrogen) atoms. The molecule has 7 heteroatoms. The van der Waals surface area contributed by atoms with Crippen molar-refractivity contribution in [1.29, 1.82) is 0 Å². The van der Waals surface area contributed by atoms with Crippen molar-refractivity contribution in [2.24, 2.45) is 5.92 Å². The highest BCUT2D eigenvalue weighted by atomic mass is 16.6. The number of nitro groups is 1. The highest BCUT2D eigenvalue weighted by molar-refractivity contribution is 5.90. The number of aliphatic hydroxyl groups is 1. The SMILES string of the molecule is Cc1ccc([N+](=O)[O-])cc1NC(=O)N1CCCC(CO)C1. The number of piperidine rings is 1. The van der Waals surface area contributed by atoms with E-state index in [1.165, 1.54) is 12.1 Å². The Balaban J connectivity index is 2.08. The third-order valence-corrected chi connectivity index (χ3v) is 3.74. The summed E-state index contributed by atoms with van der Waals surface area (Å²) in [4.78, 5) is 24.2. The van der Waals surface area contributed by atoms with Crippen LogP contribution in [0.2, 0.25) is 0 Å². The fraction of sp³-hybridized carbons (Fsp3) is 0.500. The molecular weight excluding hydrogens is 274 g/mol. The number of hydrogen-bond donors (Lipinski definition) is 2. The van der Waals surface area contributed by atoms with Gasteiger partial charge in [-0.2, -0.15) is 0 Å². The van der Waals surface area contributed by atoms with Crippen molar-refractivity contribution in [2.75, 3.05) is 25.0 Å². The highest BCUT2D eigenvalue weighted by Crippen LogP contribution is 2.23. The summed E-state index contributed by atoms with van der Waals surface area (Å²) >= 11 is 0. The normalized spacial score (nSPS) is 18.4. The van der Waals surface area contributed by atoms with Gasteiger partial charge >= 0.3 is 6.03 Å². The van der Waals surface area contributed by atoms with E-state index in [9.17, 15) is 20.0 Å². The summed E-state index contributed by atoms with van der Waals surface area (Å²) in [5.74, 6) is 0.107. The van der Waals surface area contributed by atoms with Crippen molar-refractivity contribution in [3.8, 4) is 0 Å². The quantitative estimate of drug-likeness (QED) is 0.659. The van der Waals surface area contributed by atoms with Crippen LogP contribution in [0.3, 0.4) is 0 Å². The van der Waals surface area contributed by atoms with Crippen molar-refractivity contribution >= 4 is 17.4 Å². The molecule has 1 saturated heterocycles. The Hall–Kier alpha value is -2.15. The number of benzene rings is 1. The van der Waals surface area contributed by atoms with Crippen molar-refractivity contribution in [1.82, 2.24) is 4.90 Å². The summed E-state index contributed by atoms with van der Waals surface area (Å²) in [6.45, 7) is 3.00. The first kappa shape index (κ1) is 15.2. The number of anilines is 1. The maximum absolute atomic E-state index is 12.2. The molecule has 2 rings (SSSR count). The fourth-order valence-corrected chi connectivity index (χ4v) is 2.45. The number of nitro benzene ring substituents is 1. The molecule has 0 radical (unpaired) electrons. The average Bonchev–Trinajstić information content (AvgIpc) is 2.49. The molecule has 0 saturated carbocycles. The molecule has 0 spiro atoms. The van der Waals surface area contributed by atoms with Crippen LogP contribution in [0.25, 0.3) is 0 Å². The summed E-state index contributed by atoms with van der Waals surface area (Å²) in [5.41, 5.74) is 1.16. The van der Waals surface area contributed by atoms with Crippen LogP contribution in [0.4, 0.5) is 16.2 Å². The van der Waals surface area contributed by atoms with Crippen LogP contribution < -0.4 is 5.32 Å². The highest BCUT2D eigenvalue weighted by Gasteiger charge is 2.23. The Morgan fingerprint density at radius 2 is 2.33 bits per heavy atom. The zero-order valence-corrected chi connectivity index (χ0v) is 11.9. The van der Waals surface area contributed by atoms with Gasteiger partial charge in [-0.3, -0.25) is 10.1 Å². The van der Waals surface area contributed by atoms with Gasteiger partial charge in [-0.1, -0.05) is 6.07 Å². The molecule has 1 aliphatic heterocycles. The number of nitrogens with one attached hydrogen (secondary N) is 1. The first-order valence-corrected chi connectivity index (χ1v) is 6.93. The van der Waals surface area contributed by atoms with Gasteiger partial charge in [-0.25, -0.2) is 4.79 Å². The number of amides is 2. The van der Waals surface area contributed by atoms with Crippen LogP contribution in [-0.4, -0.2) is 40.7 Å². The van der Waals surface area contributed by atoms with E-state index in [1.807, 2.05) is 0 Å². The van der Waals surface area contributed by atoms with Crippen LogP contribution >= 0.6 is 0 Å². The zero-order chi connectivity index (χ0) is 15.4. The number of hydrogen-bond acceptors (Lipinski definition) is 4. The molecule has 114 valence electrons.